The van der Waals surface area contributed by atoms with E-state index in [2.05, 4.69) is 40.7 Å². The van der Waals surface area contributed by atoms with Crippen LogP contribution >= 0.6 is 0 Å². The second kappa shape index (κ2) is 6.61. The van der Waals surface area contributed by atoms with E-state index in [4.69, 9.17) is 4.74 Å². The van der Waals surface area contributed by atoms with Crippen LogP contribution in [0.4, 0.5) is 0 Å². The Hall–Kier alpha value is -0.300. The third-order valence-corrected chi connectivity index (χ3v) is 10.2. The smallest absolute Gasteiger partial charge is 0.0979 e. The van der Waals surface area contributed by atoms with Crippen molar-refractivity contribution in [1.29, 1.82) is 0 Å². The van der Waals surface area contributed by atoms with Gasteiger partial charge in [-0.1, -0.05) is 51.7 Å². The molecular formula is C26H42O. The lowest BCUT2D eigenvalue weighted by molar-refractivity contribution is 0.0357. The highest BCUT2D eigenvalue weighted by Crippen LogP contribution is 2.71. The largest absolute Gasteiger partial charge is 0.366 e. The molecule has 152 valence electrons. The lowest BCUT2D eigenvalue weighted by Crippen LogP contribution is -2.42. The molecule has 5 rings (SSSR count). The van der Waals surface area contributed by atoms with Gasteiger partial charge in [-0.05, 0) is 99.2 Å². The zero-order valence-electron chi connectivity index (χ0n) is 18.4. The molecule has 5 fully saturated rings. The maximum absolute atomic E-state index is 6.32. The fraction of sp³-hybridized carbons (Fsp3) is 0.923. The molecule has 0 aromatic rings. The van der Waals surface area contributed by atoms with Crippen molar-refractivity contribution < 1.29 is 4.74 Å². The lowest BCUT2D eigenvalue weighted by atomic mass is 9.59. The third-order valence-electron chi connectivity index (χ3n) is 10.2. The van der Waals surface area contributed by atoms with Crippen molar-refractivity contribution in [3.8, 4) is 0 Å². The lowest BCUT2D eigenvalue weighted by Gasteiger charge is -2.45. The monoisotopic (exact) mass is 370 g/mol. The molecule has 1 spiro atoms. The molecule has 11 unspecified atom stereocenters. The van der Waals surface area contributed by atoms with E-state index in [1.807, 2.05) is 5.57 Å². The Balaban J connectivity index is 1.41. The van der Waals surface area contributed by atoms with Crippen LogP contribution in [0.1, 0.15) is 86.0 Å². The predicted octanol–water partition coefficient (Wildman–Crippen LogP) is 6.87. The van der Waals surface area contributed by atoms with Gasteiger partial charge >= 0.3 is 0 Å². The first kappa shape index (κ1) is 18.7. The van der Waals surface area contributed by atoms with Crippen molar-refractivity contribution in [3.63, 3.8) is 0 Å². The summed E-state index contributed by atoms with van der Waals surface area (Å²) in [5, 5.41) is 0. The summed E-state index contributed by atoms with van der Waals surface area (Å²) >= 11 is 0. The van der Waals surface area contributed by atoms with Crippen LogP contribution in [0.15, 0.2) is 11.6 Å². The molecule has 11 atom stereocenters. The Kier molecular flexibility index (Phi) is 4.58. The SMILES string of the molecule is C/C=C1\CC2CC1C(C1C3CC(C1CC(C)CCCC)C1(C3)OC1C)C2C. The maximum Gasteiger partial charge on any atom is 0.0979 e. The van der Waals surface area contributed by atoms with Crippen molar-refractivity contribution in [3.05, 3.63) is 11.6 Å². The van der Waals surface area contributed by atoms with Crippen molar-refractivity contribution in [2.24, 2.45) is 53.3 Å². The molecule has 27 heavy (non-hydrogen) atoms. The maximum atomic E-state index is 6.32. The van der Waals surface area contributed by atoms with Crippen LogP contribution in [0.5, 0.6) is 0 Å². The summed E-state index contributed by atoms with van der Waals surface area (Å²) in [5.41, 5.74) is 2.15. The molecule has 4 bridgehead atoms. The molecule has 0 amide bonds. The zero-order chi connectivity index (χ0) is 18.9. The van der Waals surface area contributed by atoms with Gasteiger partial charge in [0.2, 0.25) is 0 Å². The van der Waals surface area contributed by atoms with E-state index in [1.165, 1.54) is 51.4 Å². The fourth-order valence-electron chi connectivity index (χ4n) is 9.02. The van der Waals surface area contributed by atoms with E-state index in [0.717, 1.165) is 53.3 Å². The molecule has 4 saturated carbocycles. The Labute approximate surface area is 167 Å². The van der Waals surface area contributed by atoms with E-state index in [0.29, 0.717) is 11.7 Å². The van der Waals surface area contributed by atoms with E-state index < -0.39 is 0 Å². The third kappa shape index (κ3) is 2.66. The number of epoxide rings is 1. The molecule has 1 heteroatoms. The average molecular weight is 371 g/mol. The Bertz CT molecular complexity index is 607. The minimum absolute atomic E-state index is 0.320. The van der Waals surface area contributed by atoms with E-state index in [-0.39, 0.29) is 0 Å². The minimum Gasteiger partial charge on any atom is -0.366 e. The Morgan fingerprint density at radius 1 is 1.19 bits per heavy atom. The van der Waals surface area contributed by atoms with Gasteiger partial charge in [-0.3, -0.25) is 0 Å². The number of fused-ring (bicyclic) bond motifs is 5. The number of hydrogen-bond donors (Lipinski definition) is 0. The first-order chi connectivity index (χ1) is 13.0. The molecule has 0 aromatic carbocycles. The second-order valence-electron chi connectivity index (χ2n) is 11.4. The molecule has 1 saturated heterocycles. The number of ether oxygens (including phenoxy) is 1. The summed E-state index contributed by atoms with van der Waals surface area (Å²) in [6, 6.07) is 0. The number of rotatable bonds is 6. The number of unbranched alkanes of at least 4 members (excludes halogenated alkanes) is 1. The Morgan fingerprint density at radius 3 is 2.59 bits per heavy atom. The van der Waals surface area contributed by atoms with Crippen LogP contribution in [-0.4, -0.2) is 11.7 Å². The van der Waals surface area contributed by atoms with Gasteiger partial charge in [0.15, 0.2) is 0 Å². The van der Waals surface area contributed by atoms with E-state index in [9.17, 15) is 0 Å². The summed E-state index contributed by atoms with van der Waals surface area (Å²) < 4.78 is 6.32. The van der Waals surface area contributed by atoms with Gasteiger partial charge in [-0.25, -0.2) is 0 Å². The van der Waals surface area contributed by atoms with Crippen LogP contribution in [0.3, 0.4) is 0 Å². The highest BCUT2D eigenvalue weighted by Gasteiger charge is 2.72. The van der Waals surface area contributed by atoms with E-state index in [1.54, 1.807) is 0 Å². The number of hydrogen-bond acceptors (Lipinski definition) is 1. The van der Waals surface area contributed by atoms with Gasteiger partial charge in [0, 0.05) is 0 Å². The molecular weight excluding hydrogens is 328 g/mol. The van der Waals surface area contributed by atoms with Gasteiger partial charge in [0.25, 0.3) is 0 Å². The van der Waals surface area contributed by atoms with E-state index >= 15 is 0 Å². The van der Waals surface area contributed by atoms with Crippen LogP contribution in [0.2, 0.25) is 0 Å². The first-order valence-corrected chi connectivity index (χ1v) is 12.3. The van der Waals surface area contributed by atoms with Gasteiger partial charge in [0.1, 0.15) is 0 Å². The predicted molar refractivity (Wildman–Crippen MR) is 112 cm³/mol. The summed E-state index contributed by atoms with van der Waals surface area (Å²) in [5.74, 6) is 8.57. The molecule has 1 nitrogen and oxygen atoms in total. The standard InChI is InChI=1S/C26H42O/c1-6-8-9-15(3)10-22-23-13-20(14-26(23)17(5)27-26)25(22)24-16(4)19-11-18(7-2)21(24)12-19/h7,15-17,19-25H,6,8-14H2,1-5H3/b18-7+. The molecule has 1 heterocycles. The minimum atomic E-state index is 0.320. The van der Waals surface area contributed by atoms with Crippen LogP contribution < -0.4 is 0 Å². The molecule has 0 N–H and O–H groups in total. The molecule has 1 aliphatic heterocycles. The second-order valence-corrected chi connectivity index (χ2v) is 11.4. The highest BCUT2D eigenvalue weighted by atomic mass is 16.6. The van der Waals surface area contributed by atoms with Crippen LogP contribution in [-0.2, 0) is 4.74 Å². The highest BCUT2D eigenvalue weighted by molar-refractivity contribution is 5.25. The van der Waals surface area contributed by atoms with Crippen molar-refractivity contribution in [1.82, 2.24) is 0 Å². The molecule has 5 aliphatic rings. The summed E-state index contributed by atoms with van der Waals surface area (Å²) in [4.78, 5) is 0. The normalized spacial score (nSPS) is 55.1. The van der Waals surface area contributed by atoms with Crippen molar-refractivity contribution in [2.75, 3.05) is 0 Å². The Morgan fingerprint density at radius 2 is 1.96 bits per heavy atom. The number of allylic oxidation sites excluding steroid dienone is 2. The van der Waals surface area contributed by atoms with Crippen molar-refractivity contribution >= 4 is 0 Å². The fourth-order valence-corrected chi connectivity index (χ4v) is 9.02. The molecule has 4 aliphatic carbocycles. The van der Waals surface area contributed by atoms with Crippen LogP contribution in [0.25, 0.3) is 0 Å². The summed E-state index contributed by atoms with van der Waals surface area (Å²) in [6.07, 6.45) is 14.5. The van der Waals surface area contributed by atoms with Gasteiger partial charge in [0.05, 0.1) is 11.7 Å². The summed E-state index contributed by atoms with van der Waals surface area (Å²) in [7, 11) is 0. The molecule has 0 aromatic heterocycles. The van der Waals surface area contributed by atoms with Gasteiger partial charge in [-0.2, -0.15) is 0 Å². The quantitative estimate of drug-likeness (QED) is 0.367. The zero-order valence-corrected chi connectivity index (χ0v) is 18.4. The summed E-state index contributed by atoms with van der Waals surface area (Å²) in [6.45, 7) is 12.2. The first-order valence-electron chi connectivity index (χ1n) is 12.3. The van der Waals surface area contributed by atoms with Gasteiger partial charge in [-0.15, -0.1) is 0 Å². The van der Waals surface area contributed by atoms with Crippen molar-refractivity contribution in [2.45, 2.75) is 97.7 Å². The topological polar surface area (TPSA) is 12.5 Å². The average Bonchev–Trinajstić information content (AvgIpc) is 3.08. The molecule has 0 radical (unpaired) electrons. The van der Waals surface area contributed by atoms with Crippen LogP contribution in [0, 0.1) is 53.3 Å². The van der Waals surface area contributed by atoms with Gasteiger partial charge < -0.3 is 4.74 Å².